The van der Waals surface area contributed by atoms with Crippen molar-refractivity contribution in [3.05, 3.63) is 0 Å². The molecule has 8 unspecified atom stereocenters. The average molecular weight is 436 g/mol. The first kappa shape index (κ1) is 22.3. The van der Waals surface area contributed by atoms with Crippen molar-refractivity contribution in [2.45, 2.75) is 78.0 Å². The van der Waals surface area contributed by atoms with Crippen molar-refractivity contribution < 1.29 is 66.5 Å². The summed E-state index contributed by atoms with van der Waals surface area (Å²) in [5.74, 6) is -2.93. The minimum Gasteiger partial charge on any atom is -0.429 e. The van der Waals surface area contributed by atoms with Crippen LogP contribution in [0.3, 0.4) is 0 Å². The van der Waals surface area contributed by atoms with Crippen LogP contribution in [0.5, 0.6) is 0 Å². The molecule has 14 heteroatoms. The van der Waals surface area contributed by atoms with Crippen LogP contribution in [0.4, 0.5) is 0 Å². The second kappa shape index (κ2) is 9.20. The van der Waals surface area contributed by atoms with E-state index >= 15 is 0 Å². The molecule has 3 heterocycles. The Bertz CT molecular complexity index is 579. The first-order valence-corrected chi connectivity index (χ1v) is 8.74. The van der Waals surface area contributed by atoms with Crippen LogP contribution in [0, 0.1) is 0 Å². The van der Waals surface area contributed by atoms with Gasteiger partial charge in [-0.2, -0.15) is 0 Å². The van der Waals surface area contributed by atoms with E-state index in [0.29, 0.717) is 0 Å². The lowest BCUT2D eigenvalue weighted by Crippen LogP contribution is -2.64. The maximum absolute atomic E-state index is 11.3. The molecule has 0 aromatic carbocycles. The molecule has 0 amide bonds. The molecule has 3 fully saturated rings. The van der Waals surface area contributed by atoms with Crippen molar-refractivity contribution in [2.24, 2.45) is 0 Å². The fraction of sp³-hybridized carbons (Fsp3) is 0.750. The lowest BCUT2D eigenvalue weighted by atomic mass is 10.4. The highest BCUT2D eigenvalue weighted by atomic mass is 17.0. The summed E-state index contributed by atoms with van der Waals surface area (Å²) in [6, 6.07) is 0. The first-order chi connectivity index (χ1) is 14.1. The van der Waals surface area contributed by atoms with Crippen LogP contribution >= 0.6 is 0 Å². The van der Waals surface area contributed by atoms with Crippen molar-refractivity contribution in [1.29, 1.82) is 0 Å². The highest BCUT2D eigenvalue weighted by Crippen LogP contribution is 2.35. The van der Waals surface area contributed by atoms with Gasteiger partial charge in [0.25, 0.3) is 25.2 Å². The van der Waals surface area contributed by atoms with Gasteiger partial charge in [0.15, 0.2) is 0 Å². The Morgan fingerprint density at radius 2 is 0.633 bits per heavy atom. The molecule has 3 rings (SSSR count). The molecule has 0 N–H and O–H groups in total. The molecular weight excluding hydrogens is 416 g/mol. The van der Waals surface area contributed by atoms with Crippen LogP contribution < -0.4 is 0 Å². The molecule has 0 bridgehead atoms. The molecule has 3 aliphatic heterocycles. The highest BCUT2D eigenvalue weighted by Gasteiger charge is 2.55. The number of rotatable bonds is 4. The SMILES string of the molecule is CC(=O)OC1OC2OC3OC(OC(C)=O)C(OC(C)=O)OC3OC2OC1OC(C)=O. The molecular formula is C16H20O14. The van der Waals surface area contributed by atoms with E-state index in [9.17, 15) is 19.2 Å². The summed E-state index contributed by atoms with van der Waals surface area (Å²) < 4.78 is 52.6. The molecule has 0 saturated carbocycles. The molecule has 0 spiro atoms. The molecule has 8 atom stereocenters. The van der Waals surface area contributed by atoms with Gasteiger partial charge < -0.3 is 47.4 Å². The summed E-state index contributed by atoms with van der Waals surface area (Å²) >= 11 is 0. The minimum atomic E-state index is -1.45. The molecule has 14 nitrogen and oxygen atoms in total. The predicted molar refractivity (Wildman–Crippen MR) is 83.9 cm³/mol. The third-order valence-electron chi connectivity index (χ3n) is 3.63. The topological polar surface area (TPSA) is 161 Å². The lowest BCUT2D eigenvalue weighted by molar-refractivity contribution is -0.533. The molecule has 0 aromatic heterocycles. The van der Waals surface area contributed by atoms with Crippen LogP contribution in [-0.2, 0) is 66.5 Å². The summed E-state index contributed by atoms with van der Waals surface area (Å²) in [5.41, 5.74) is 0. The van der Waals surface area contributed by atoms with Crippen molar-refractivity contribution in [2.75, 3.05) is 0 Å². The first-order valence-electron chi connectivity index (χ1n) is 8.74. The minimum absolute atomic E-state index is 0.731. The monoisotopic (exact) mass is 436 g/mol. The Kier molecular flexibility index (Phi) is 6.84. The number of hydrogen-bond acceptors (Lipinski definition) is 14. The van der Waals surface area contributed by atoms with E-state index in [0.717, 1.165) is 27.7 Å². The zero-order valence-electron chi connectivity index (χ0n) is 16.3. The summed E-state index contributed by atoms with van der Waals surface area (Å²) in [6.07, 6.45) is -11.0. The second-order valence-corrected chi connectivity index (χ2v) is 6.20. The maximum Gasteiger partial charge on any atom is 0.305 e. The van der Waals surface area contributed by atoms with Gasteiger partial charge in [0.2, 0.25) is 25.2 Å². The fourth-order valence-corrected chi connectivity index (χ4v) is 2.68. The van der Waals surface area contributed by atoms with Gasteiger partial charge in [-0.1, -0.05) is 0 Å². The van der Waals surface area contributed by atoms with E-state index in [4.69, 9.17) is 47.4 Å². The second-order valence-electron chi connectivity index (χ2n) is 6.20. The Balaban J connectivity index is 1.72. The number of hydrogen-bond donors (Lipinski definition) is 0. The lowest BCUT2D eigenvalue weighted by Gasteiger charge is -2.48. The van der Waals surface area contributed by atoms with Crippen LogP contribution in [0.2, 0.25) is 0 Å². The molecule has 0 radical (unpaired) electrons. The van der Waals surface area contributed by atoms with Gasteiger partial charge >= 0.3 is 23.9 Å². The van der Waals surface area contributed by atoms with Crippen LogP contribution in [-0.4, -0.2) is 74.2 Å². The normalized spacial score (nSPS) is 37.7. The molecule has 0 aromatic rings. The third-order valence-corrected chi connectivity index (χ3v) is 3.63. The van der Waals surface area contributed by atoms with Crippen molar-refractivity contribution in [3.63, 3.8) is 0 Å². The Morgan fingerprint density at radius 3 is 0.800 bits per heavy atom. The largest absolute Gasteiger partial charge is 0.429 e. The van der Waals surface area contributed by atoms with Crippen molar-refractivity contribution >= 4 is 23.9 Å². The maximum atomic E-state index is 11.3. The number of carbonyl (C=O) groups is 4. The van der Waals surface area contributed by atoms with E-state index in [-0.39, 0.29) is 0 Å². The highest BCUT2D eigenvalue weighted by molar-refractivity contribution is 5.67. The average Bonchev–Trinajstić information content (AvgIpc) is 2.59. The van der Waals surface area contributed by atoms with Gasteiger partial charge in [0.05, 0.1) is 0 Å². The summed E-state index contributed by atoms with van der Waals surface area (Å²) in [5, 5.41) is 0. The van der Waals surface area contributed by atoms with E-state index in [2.05, 4.69) is 0 Å². The molecule has 168 valence electrons. The van der Waals surface area contributed by atoms with Gasteiger partial charge in [-0.15, -0.1) is 0 Å². The standard InChI is InChI=1S/C16H20O14/c1-5(17)21-9-10(22-6(2)18)26-14-13(25-9)29-15-16(30-14)28-12(24-8(4)20)11(27-15)23-7(3)19/h9-16H,1-4H3. The summed E-state index contributed by atoms with van der Waals surface area (Å²) in [7, 11) is 0. The quantitative estimate of drug-likeness (QED) is 0.389. The zero-order valence-corrected chi connectivity index (χ0v) is 16.3. The Morgan fingerprint density at radius 1 is 0.433 bits per heavy atom. The Hall–Kier alpha value is -2.36. The van der Waals surface area contributed by atoms with E-state index in [1.807, 2.05) is 0 Å². The smallest absolute Gasteiger partial charge is 0.305 e. The molecule has 0 aliphatic carbocycles. The van der Waals surface area contributed by atoms with Crippen LogP contribution in [0.25, 0.3) is 0 Å². The number of ether oxygens (including phenoxy) is 10. The fourth-order valence-electron chi connectivity index (χ4n) is 2.68. The Labute approximate surface area is 169 Å². The van der Waals surface area contributed by atoms with Gasteiger partial charge in [-0.3, -0.25) is 19.2 Å². The van der Waals surface area contributed by atoms with Gasteiger partial charge in [0.1, 0.15) is 0 Å². The molecule has 3 saturated heterocycles. The van der Waals surface area contributed by atoms with Crippen molar-refractivity contribution in [1.82, 2.24) is 0 Å². The third kappa shape index (κ3) is 5.41. The predicted octanol–water partition coefficient (Wildman–Crippen LogP) is -1.01. The van der Waals surface area contributed by atoms with Gasteiger partial charge in [-0.25, -0.2) is 0 Å². The summed E-state index contributed by atoms with van der Waals surface area (Å²) in [6.45, 7) is 4.47. The molecule has 3 aliphatic rings. The zero-order chi connectivity index (χ0) is 22.0. The van der Waals surface area contributed by atoms with Crippen LogP contribution in [0.1, 0.15) is 27.7 Å². The van der Waals surface area contributed by atoms with E-state index in [1.54, 1.807) is 0 Å². The number of fused-ring (bicyclic) bond motifs is 2. The molecule has 30 heavy (non-hydrogen) atoms. The van der Waals surface area contributed by atoms with Crippen LogP contribution in [0.15, 0.2) is 0 Å². The van der Waals surface area contributed by atoms with Gasteiger partial charge in [-0.05, 0) is 0 Å². The number of esters is 4. The van der Waals surface area contributed by atoms with Crippen molar-refractivity contribution in [3.8, 4) is 0 Å². The van der Waals surface area contributed by atoms with E-state index in [1.165, 1.54) is 0 Å². The summed E-state index contributed by atoms with van der Waals surface area (Å²) in [4.78, 5) is 45.2. The van der Waals surface area contributed by atoms with Gasteiger partial charge in [0, 0.05) is 27.7 Å². The number of carbonyl (C=O) groups excluding carboxylic acids is 4. The van der Waals surface area contributed by atoms with E-state index < -0.39 is 74.2 Å².